The molecule has 1 fully saturated rings. The second-order valence-electron chi connectivity index (χ2n) is 5.59. The van der Waals surface area contributed by atoms with Crippen LogP contribution in [0.4, 0.5) is 5.95 Å². The van der Waals surface area contributed by atoms with Crippen LogP contribution in [0, 0.1) is 6.92 Å². The Kier molecular flexibility index (Phi) is 4.05. The summed E-state index contributed by atoms with van der Waals surface area (Å²) in [5.41, 5.74) is -0.0663. The third-order valence-corrected chi connectivity index (χ3v) is 5.81. The van der Waals surface area contributed by atoms with Gasteiger partial charge in [-0.25, -0.2) is 13.2 Å². The molecule has 0 unspecified atom stereocenters. The number of carboxylic acids is 1. The maximum atomic E-state index is 12.7. The molecule has 0 aromatic carbocycles. The van der Waals surface area contributed by atoms with Crippen molar-refractivity contribution in [3.63, 3.8) is 0 Å². The molecule has 0 atom stereocenters. The van der Waals surface area contributed by atoms with Crippen molar-refractivity contribution in [2.45, 2.75) is 11.8 Å². The summed E-state index contributed by atoms with van der Waals surface area (Å²) in [6.07, 6.45) is 1.32. The Bertz CT molecular complexity index is 863. The molecule has 1 saturated heterocycles. The van der Waals surface area contributed by atoms with Gasteiger partial charge in [0.05, 0.1) is 0 Å². The number of aromatic nitrogens is 4. The van der Waals surface area contributed by atoms with E-state index in [9.17, 15) is 13.2 Å². The van der Waals surface area contributed by atoms with Crippen molar-refractivity contribution in [3.8, 4) is 0 Å². The van der Waals surface area contributed by atoms with Crippen LogP contribution in [0.25, 0.3) is 0 Å². The predicted octanol–water partition coefficient (Wildman–Crippen LogP) is -0.339. The molecule has 2 aromatic rings. The molecule has 0 aliphatic carbocycles. The Morgan fingerprint density at radius 2 is 1.96 bits per heavy atom. The van der Waals surface area contributed by atoms with Crippen LogP contribution in [0.2, 0.25) is 0 Å². The number of aromatic carboxylic acids is 1. The van der Waals surface area contributed by atoms with E-state index in [2.05, 4.69) is 15.2 Å². The van der Waals surface area contributed by atoms with Crippen LogP contribution in [0.1, 0.15) is 16.3 Å². The highest BCUT2D eigenvalue weighted by Crippen LogP contribution is 2.21. The van der Waals surface area contributed by atoms with Gasteiger partial charge in [0.2, 0.25) is 16.0 Å². The van der Waals surface area contributed by atoms with Crippen LogP contribution in [-0.2, 0) is 17.1 Å². The van der Waals surface area contributed by atoms with Crippen molar-refractivity contribution in [3.05, 3.63) is 23.8 Å². The van der Waals surface area contributed by atoms with Gasteiger partial charge in [0.15, 0.2) is 0 Å². The van der Waals surface area contributed by atoms with Crippen molar-refractivity contribution in [1.82, 2.24) is 24.1 Å². The lowest BCUT2D eigenvalue weighted by Gasteiger charge is -2.33. The summed E-state index contributed by atoms with van der Waals surface area (Å²) in [5, 5.41) is 15.9. The Morgan fingerprint density at radius 3 is 2.46 bits per heavy atom. The van der Waals surface area contributed by atoms with Gasteiger partial charge in [-0.2, -0.15) is 9.29 Å². The number of aryl methyl sites for hydroxylation is 2. The number of H-pyrrole nitrogens is 1. The molecule has 10 nitrogen and oxygen atoms in total. The van der Waals surface area contributed by atoms with Gasteiger partial charge < -0.3 is 14.6 Å². The first-order chi connectivity index (χ1) is 11.3. The molecule has 3 heterocycles. The Balaban J connectivity index is 1.75. The lowest BCUT2D eigenvalue weighted by atomic mass is 10.4. The van der Waals surface area contributed by atoms with Gasteiger partial charge in [-0.05, 0) is 13.0 Å². The van der Waals surface area contributed by atoms with Crippen LogP contribution in [0.3, 0.4) is 0 Å². The van der Waals surface area contributed by atoms with Gasteiger partial charge in [0.25, 0.3) is 0 Å². The fourth-order valence-corrected chi connectivity index (χ4v) is 4.13. The van der Waals surface area contributed by atoms with E-state index >= 15 is 0 Å². The number of rotatable bonds is 4. The van der Waals surface area contributed by atoms with Gasteiger partial charge in [-0.1, -0.05) is 0 Å². The van der Waals surface area contributed by atoms with E-state index in [1.54, 1.807) is 6.92 Å². The fourth-order valence-electron chi connectivity index (χ4n) is 2.64. The van der Waals surface area contributed by atoms with Crippen LogP contribution in [0.5, 0.6) is 0 Å². The summed E-state index contributed by atoms with van der Waals surface area (Å²) in [6.45, 7) is 3.30. The van der Waals surface area contributed by atoms with E-state index in [1.807, 2.05) is 4.90 Å². The second kappa shape index (κ2) is 5.91. The molecule has 2 N–H and O–H groups in total. The van der Waals surface area contributed by atoms with Gasteiger partial charge in [0.1, 0.15) is 16.4 Å². The van der Waals surface area contributed by atoms with Crippen LogP contribution in [0.15, 0.2) is 17.2 Å². The minimum Gasteiger partial charge on any atom is -0.477 e. The summed E-state index contributed by atoms with van der Waals surface area (Å²) >= 11 is 0. The molecule has 0 bridgehead atoms. The molecule has 24 heavy (non-hydrogen) atoms. The largest absolute Gasteiger partial charge is 0.477 e. The highest BCUT2D eigenvalue weighted by Gasteiger charge is 2.31. The van der Waals surface area contributed by atoms with Crippen molar-refractivity contribution in [2.75, 3.05) is 31.1 Å². The third-order valence-electron chi connectivity index (χ3n) is 3.94. The summed E-state index contributed by atoms with van der Waals surface area (Å²) in [6, 6.07) is 1.18. The number of hydrogen-bond donors (Lipinski definition) is 2. The molecule has 2 aromatic heterocycles. The van der Waals surface area contributed by atoms with Gasteiger partial charge >= 0.3 is 5.97 Å². The first-order valence-corrected chi connectivity index (χ1v) is 8.77. The van der Waals surface area contributed by atoms with Gasteiger partial charge in [-0.15, -0.1) is 5.10 Å². The quantitative estimate of drug-likeness (QED) is 0.769. The van der Waals surface area contributed by atoms with Gasteiger partial charge in [0, 0.05) is 39.4 Å². The number of carboxylic acid groups (broad SMARTS) is 1. The summed E-state index contributed by atoms with van der Waals surface area (Å²) in [4.78, 5) is 17.2. The number of hydrogen-bond acceptors (Lipinski definition) is 6. The summed E-state index contributed by atoms with van der Waals surface area (Å²) in [5.74, 6) is 0.0895. The zero-order valence-electron chi connectivity index (χ0n) is 13.3. The number of piperazine rings is 1. The molecule has 0 amide bonds. The van der Waals surface area contributed by atoms with E-state index in [-0.39, 0.29) is 23.7 Å². The zero-order valence-corrected chi connectivity index (χ0v) is 14.1. The monoisotopic (exact) mass is 354 g/mol. The Morgan fingerprint density at radius 1 is 1.29 bits per heavy atom. The lowest BCUT2D eigenvalue weighted by Crippen LogP contribution is -2.49. The topological polar surface area (TPSA) is 124 Å². The highest BCUT2D eigenvalue weighted by atomic mass is 32.2. The van der Waals surface area contributed by atoms with E-state index in [1.165, 1.54) is 28.2 Å². The van der Waals surface area contributed by atoms with Crippen LogP contribution >= 0.6 is 0 Å². The first kappa shape index (κ1) is 16.5. The van der Waals surface area contributed by atoms with Crippen LogP contribution < -0.4 is 4.90 Å². The molecule has 3 rings (SSSR count). The van der Waals surface area contributed by atoms with E-state index in [0.29, 0.717) is 24.9 Å². The van der Waals surface area contributed by atoms with Crippen molar-refractivity contribution >= 4 is 21.9 Å². The maximum absolute atomic E-state index is 12.7. The highest BCUT2D eigenvalue weighted by molar-refractivity contribution is 7.89. The zero-order chi connectivity index (χ0) is 17.5. The molecule has 11 heteroatoms. The second-order valence-corrected chi connectivity index (χ2v) is 7.53. The average Bonchev–Trinajstić information content (AvgIpc) is 3.14. The Hall–Kier alpha value is -2.40. The summed E-state index contributed by atoms with van der Waals surface area (Å²) < 4.78 is 28.0. The third kappa shape index (κ3) is 2.87. The molecule has 0 saturated carbocycles. The number of sulfonamides is 1. The minimum absolute atomic E-state index is 0.00964. The first-order valence-electron chi connectivity index (χ1n) is 7.33. The lowest BCUT2D eigenvalue weighted by molar-refractivity contribution is 0.0686. The molecular formula is C13H18N6O4S. The number of nitrogens with zero attached hydrogens (tertiary/aromatic N) is 5. The predicted molar refractivity (Wildman–Crippen MR) is 84.5 cm³/mol. The number of carbonyl (C=O) groups is 1. The number of nitrogens with one attached hydrogen (secondary N) is 1. The normalized spacial score (nSPS) is 16.5. The van der Waals surface area contributed by atoms with E-state index < -0.39 is 16.0 Å². The SMILES string of the molecule is Cc1nc(N2CCN(S(=O)(=O)c3cc(C(=O)O)n(C)c3)CC2)n[nH]1. The van der Waals surface area contributed by atoms with E-state index in [0.717, 1.165) is 0 Å². The molecule has 130 valence electrons. The van der Waals surface area contributed by atoms with Gasteiger partial charge in [-0.3, -0.25) is 5.10 Å². The van der Waals surface area contributed by atoms with Crippen molar-refractivity contribution in [1.29, 1.82) is 0 Å². The number of aromatic amines is 1. The van der Waals surface area contributed by atoms with Crippen LogP contribution in [-0.4, -0.2) is 69.7 Å². The smallest absolute Gasteiger partial charge is 0.352 e. The van der Waals surface area contributed by atoms with Crippen molar-refractivity contribution < 1.29 is 18.3 Å². The average molecular weight is 354 g/mol. The van der Waals surface area contributed by atoms with E-state index in [4.69, 9.17) is 5.11 Å². The molecule has 0 spiro atoms. The Labute approximate surface area is 138 Å². The number of anilines is 1. The summed E-state index contributed by atoms with van der Waals surface area (Å²) in [7, 11) is -2.22. The van der Waals surface area contributed by atoms with Crippen molar-refractivity contribution in [2.24, 2.45) is 7.05 Å². The fraction of sp³-hybridized carbons (Fsp3) is 0.462. The molecular weight excluding hydrogens is 336 g/mol. The molecule has 0 radical (unpaired) electrons. The minimum atomic E-state index is -3.72. The molecule has 1 aliphatic heterocycles. The molecule has 1 aliphatic rings. The standard InChI is InChI=1S/C13H18N6O4S/c1-9-14-13(16-15-9)18-3-5-19(6-4-18)24(22,23)10-7-11(12(20)21)17(2)8-10/h7-8H,3-6H2,1-2H3,(H,20,21)(H,14,15,16). The maximum Gasteiger partial charge on any atom is 0.352 e.